The third kappa shape index (κ3) is 2.71. The van der Waals surface area contributed by atoms with Crippen LogP contribution in [0.1, 0.15) is 19.8 Å². The summed E-state index contributed by atoms with van der Waals surface area (Å²) in [5, 5.41) is 9.96. The zero-order chi connectivity index (χ0) is 13.2. The number of sulfonamides is 1. The topological polar surface area (TPSA) is 70.5 Å². The Balaban J connectivity index is 2.25. The van der Waals surface area contributed by atoms with Gasteiger partial charge in [0.2, 0.25) is 0 Å². The Morgan fingerprint density at radius 1 is 1.44 bits per heavy atom. The highest BCUT2D eigenvalue weighted by atomic mass is 32.2. The number of hydrogen-bond acceptors (Lipinski definition) is 4. The summed E-state index contributed by atoms with van der Waals surface area (Å²) in [6.07, 6.45) is 2.47. The smallest absolute Gasteiger partial charge is 0.260 e. The molecule has 1 aliphatic heterocycles. The van der Waals surface area contributed by atoms with Crippen LogP contribution in [-0.2, 0) is 10.0 Å². The van der Waals surface area contributed by atoms with E-state index in [9.17, 15) is 13.5 Å². The Morgan fingerprint density at radius 2 is 2.22 bits per heavy atom. The number of pyridine rings is 1. The van der Waals surface area contributed by atoms with Gasteiger partial charge in [-0.2, -0.15) is 4.31 Å². The molecule has 2 atom stereocenters. The fourth-order valence-electron chi connectivity index (χ4n) is 2.11. The Labute approximate surface area is 108 Å². The molecule has 1 fully saturated rings. The largest absolute Gasteiger partial charge is 0.391 e. The van der Waals surface area contributed by atoms with Gasteiger partial charge in [0.25, 0.3) is 10.0 Å². The van der Waals surface area contributed by atoms with Gasteiger partial charge in [-0.25, -0.2) is 13.4 Å². The SMILES string of the molecule is C[C@@H]1CCCN(S(=O)(=O)c2ccccn2)C[C@H]1O. The summed E-state index contributed by atoms with van der Waals surface area (Å²) < 4.78 is 26.0. The predicted octanol–water partition coefficient (Wildman–Crippen LogP) is 0.863. The van der Waals surface area contributed by atoms with E-state index in [4.69, 9.17) is 0 Å². The zero-order valence-corrected chi connectivity index (χ0v) is 11.2. The van der Waals surface area contributed by atoms with Crippen LogP contribution in [0.3, 0.4) is 0 Å². The highest BCUT2D eigenvalue weighted by Crippen LogP contribution is 2.22. The molecule has 5 nitrogen and oxygen atoms in total. The van der Waals surface area contributed by atoms with Gasteiger partial charge in [0.1, 0.15) is 0 Å². The van der Waals surface area contributed by atoms with E-state index in [1.54, 1.807) is 12.1 Å². The van der Waals surface area contributed by atoms with E-state index in [0.717, 1.165) is 12.8 Å². The first kappa shape index (κ1) is 13.5. The first-order valence-corrected chi connectivity index (χ1v) is 7.55. The molecular weight excluding hydrogens is 252 g/mol. The fourth-order valence-corrected chi connectivity index (χ4v) is 3.54. The molecule has 0 aromatic carbocycles. The molecule has 1 aromatic heterocycles. The molecule has 2 heterocycles. The number of hydrogen-bond donors (Lipinski definition) is 1. The lowest BCUT2D eigenvalue weighted by Gasteiger charge is -2.22. The van der Waals surface area contributed by atoms with Crippen molar-refractivity contribution in [2.24, 2.45) is 5.92 Å². The van der Waals surface area contributed by atoms with Crippen molar-refractivity contribution in [3.8, 4) is 0 Å². The summed E-state index contributed by atoms with van der Waals surface area (Å²) in [7, 11) is -3.58. The average molecular weight is 270 g/mol. The highest BCUT2D eigenvalue weighted by molar-refractivity contribution is 7.89. The summed E-state index contributed by atoms with van der Waals surface area (Å²) >= 11 is 0. The number of rotatable bonds is 2. The molecule has 0 bridgehead atoms. The number of β-amino-alcohol motifs (C(OH)–C–C–N with tert-alkyl or cyclic N) is 1. The lowest BCUT2D eigenvalue weighted by atomic mass is 10.0. The number of nitrogens with zero attached hydrogens (tertiary/aromatic N) is 2. The van der Waals surface area contributed by atoms with Gasteiger partial charge in [0.05, 0.1) is 6.10 Å². The second-order valence-corrected chi connectivity index (χ2v) is 6.60. The van der Waals surface area contributed by atoms with Crippen LogP contribution in [0, 0.1) is 5.92 Å². The van der Waals surface area contributed by atoms with Gasteiger partial charge in [-0.1, -0.05) is 13.0 Å². The van der Waals surface area contributed by atoms with E-state index < -0.39 is 16.1 Å². The van der Waals surface area contributed by atoms with Crippen molar-refractivity contribution in [3.05, 3.63) is 24.4 Å². The summed E-state index contributed by atoms with van der Waals surface area (Å²) in [5.41, 5.74) is 0. The molecule has 100 valence electrons. The highest BCUT2D eigenvalue weighted by Gasteiger charge is 2.31. The quantitative estimate of drug-likeness (QED) is 0.865. The normalized spacial score (nSPS) is 26.8. The van der Waals surface area contributed by atoms with Crippen molar-refractivity contribution in [2.45, 2.75) is 30.9 Å². The maximum atomic E-state index is 12.3. The van der Waals surface area contributed by atoms with Crippen LogP contribution >= 0.6 is 0 Å². The Bertz CT molecular complexity index is 489. The van der Waals surface area contributed by atoms with Gasteiger partial charge < -0.3 is 5.11 Å². The Kier molecular flexibility index (Phi) is 3.99. The van der Waals surface area contributed by atoms with Gasteiger partial charge in [0, 0.05) is 19.3 Å². The maximum Gasteiger partial charge on any atom is 0.260 e. The molecule has 6 heteroatoms. The van der Waals surface area contributed by atoms with Gasteiger partial charge in [0.15, 0.2) is 5.03 Å². The molecule has 0 saturated carbocycles. The monoisotopic (exact) mass is 270 g/mol. The van der Waals surface area contributed by atoms with Crippen molar-refractivity contribution in [3.63, 3.8) is 0 Å². The lowest BCUT2D eigenvalue weighted by molar-refractivity contribution is 0.106. The van der Waals surface area contributed by atoms with E-state index in [-0.39, 0.29) is 17.5 Å². The zero-order valence-electron chi connectivity index (χ0n) is 10.4. The molecule has 0 aliphatic carbocycles. The number of aromatic nitrogens is 1. The molecular formula is C12H18N2O3S. The summed E-state index contributed by atoms with van der Waals surface area (Å²) in [5.74, 6) is 0.133. The first-order valence-electron chi connectivity index (χ1n) is 6.11. The minimum Gasteiger partial charge on any atom is -0.391 e. The van der Waals surface area contributed by atoms with Crippen LogP contribution < -0.4 is 0 Å². The molecule has 0 radical (unpaired) electrons. The van der Waals surface area contributed by atoms with E-state index in [1.807, 2.05) is 6.92 Å². The lowest BCUT2D eigenvalue weighted by Crippen LogP contribution is -2.38. The minimum absolute atomic E-state index is 0.0479. The third-order valence-corrected chi connectivity index (χ3v) is 5.14. The molecule has 18 heavy (non-hydrogen) atoms. The molecule has 1 N–H and O–H groups in total. The Hall–Kier alpha value is -0.980. The second-order valence-electron chi connectivity index (χ2n) is 4.72. The van der Waals surface area contributed by atoms with E-state index in [2.05, 4.69) is 4.98 Å². The number of aliphatic hydroxyl groups excluding tert-OH is 1. The molecule has 1 aliphatic rings. The van der Waals surface area contributed by atoms with E-state index in [0.29, 0.717) is 6.54 Å². The van der Waals surface area contributed by atoms with Gasteiger partial charge in [-0.3, -0.25) is 0 Å². The standard InChI is InChI=1S/C12H18N2O3S/c1-10-5-4-8-14(9-11(10)15)18(16,17)12-6-2-3-7-13-12/h2-3,6-7,10-11,15H,4-5,8-9H2,1H3/t10-,11-/m1/s1. The van der Waals surface area contributed by atoms with Crippen LogP contribution in [-0.4, -0.2) is 42.0 Å². The summed E-state index contributed by atoms with van der Waals surface area (Å²) in [4.78, 5) is 3.89. The van der Waals surface area contributed by atoms with Crippen molar-refractivity contribution in [1.29, 1.82) is 0 Å². The van der Waals surface area contributed by atoms with Gasteiger partial charge in [-0.15, -0.1) is 0 Å². The van der Waals surface area contributed by atoms with Crippen LogP contribution in [0.4, 0.5) is 0 Å². The average Bonchev–Trinajstić information content (AvgIpc) is 2.54. The van der Waals surface area contributed by atoms with Gasteiger partial charge in [-0.05, 0) is 30.9 Å². The third-order valence-electron chi connectivity index (χ3n) is 3.36. The minimum atomic E-state index is -3.58. The molecule has 1 saturated heterocycles. The summed E-state index contributed by atoms with van der Waals surface area (Å²) in [6.45, 7) is 2.54. The van der Waals surface area contributed by atoms with Crippen LogP contribution in [0.25, 0.3) is 0 Å². The van der Waals surface area contributed by atoms with Crippen molar-refractivity contribution in [2.75, 3.05) is 13.1 Å². The second kappa shape index (κ2) is 5.34. The fraction of sp³-hybridized carbons (Fsp3) is 0.583. The van der Waals surface area contributed by atoms with Crippen LogP contribution in [0.5, 0.6) is 0 Å². The van der Waals surface area contributed by atoms with E-state index >= 15 is 0 Å². The van der Waals surface area contributed by atoms with Crippen LogP contribution in [0.15, 0.2) is 29.4 Å². The van der Waals surface area contributed by atoms with Crippen molar-refractivity contribution < 1.29 is 13.5 Å². The van der Waals surface area contributed by atoms with Crippen molar-refractivity contribution in [1.82, 2.24) is 9.29 Å². The number of aliphatic hydroxyl groups is 1. The first-order chi connectivity index (χ1) is 8.51. The maximum absolute atomic E-state index is 12.3. The molecule has 1 aromatic rings. The Morgan fingerprint density at radius 3 is 2.89 bits per heavy atom. The predicted molar refractivity (Wildman–Crippen MR) is 67.4 cm³/mol. The molecule has 0 spiro atoms. The van der Waals surface area contributed by atoms with Gasteiger partial charge >= 0.3 is 0 Å². The summed E-state index contributed by atoms with van der Waals surface area (Å²) in [6, 6.07) is 4.81. The van der Waals surface area contributed by atoms with Crippen LogP contribution in [0.2, 0.25) is 0 Å². The van der Waals surface area contributed by atoms with E-state index in [1.165, 1.54) is 16.6 Å². The molecule has 0 unspecified atom stereocenters. The molecule has 0 amide bonds. The molecule has 2 rings (SSSR count). The van der Waals surface area contributed by atoms with Crippen molar-refractivity contribution >= 4 is 10.0 Å².